The molecule has 0 amide bonds. The van der Waals surface area contributed by atoms with Gasteiger partial charge >= 0.3 is 0 Å². The van der Waals surface area contributed by atoms with Crippen LogP contribution in [0.1, 0.15) is 32.1 Å². The average Bonchev–Trinajstić information content (AvgIpc) is 2.26. The lowest BCUT2D eigenvalue weighted by Crippen LogP contribution is -2.21. The van der Waals surface area contributed by atoms with Crippen LogP contribution in [0, 0.1) is 0 Å². The zero-order valence-electron chi connectivity index (χ0n) is 9.97. The third-order valence-electron chi connectivity index (χ3n) is 2.54. The molecule has 82 valence electrons. The second-order valence-electron chi connectivity index (χ2n) is 5.09. The summed E-state index contributed by atoms with van der Waals surface area (Å²) < 4.78 is 0. The van der Waals surface area contributed by atoms with Gasteiger partial charge in [-0.3, -0.25) is 4.99 Å². The van der Waals surface area contributed by atoms with E-state index < -0.39 is 7.22 Å². The van der Waals surface area contributed by atoms with Gasteiger partial charge < -0.3 is 0 Å². The Hall–Kier alpha value is 0.237. The Bertz CT molecular complexity index is 208. The second-order valence-corrected chi connectivity index (χ2v) is 14.6. The van der Waals surface area contributed by atoms with Crippen LogP contribution in [0.15, 0.2) is 4.99 Å². The fourth-order valence-corrected chi connectivity index (χ4v) is 7.14. The van der Waals surface area contributed by atoms with Gasteiger partial charge in [0.2, 0.25) is 0 Å². The Morgan fingerprint density at radius 2 is 2.00 bits per heavy atom. The summed E-state index contributed by atoms with van der Waals surface area (Å²) in [5, 5.41) is 0.864. The van der Waals surface area contributed by atoms with Crippen LogP contribution >= 0.6 is 11.2 Å². The van der Waals surface area contributed by atoms with Crippen molar-refractivity contribution in [3.63, 3.8) is 0 Å². The van der Waals surface area contributed by atoms with Gasteiger partial charge in [0.1, 0.15) is 7.22 Å². The van der Waals surface area contributed by atoms with E-state index in [-0.39, 0.29) is 0 Å². The van der Waals surface area contributed by atoms with E-state index in [0.29, 0.717) is 0 Å². The van der Waals surface area contributed by atoms with Crippen LogP contribution in [0.25, 0.3) is 0 Å². The average molecular weight is 229 g/mol. The van der Waals surface area contributed by atoms with Crippen molar-refractivity contribution in [3.05, 3.63) is 0 Å². The van der Waals surface area contributed by atoms with E-state index >= 15 is 0 Å². The van der Waals surface area contributed by atoms with Crippen molar-refractivity contribution in [2.24, 2.45) is 4.99 Å². The quantitative estimate of drug-likeness (QED) is 0.516. The largest absolute Gasteiger partial charge is 0.297 e. The van der Waals surface area contributed by atoms with Gasteiger partial charge in [-0.1, -0.05) is 26.1 Å². The van der Waals surface area contributed by atoms with Crippen LogP contribution in [-0.4, -0.2) is 25.2 Å². The zero-order valence-corrected chi connectivity index (χ0v) is 11.8. The molecule has 1 aliphatic carbocycles. The molecule has 0 heterocycles. The Morgan fingerprint density at radius 1 is 1.29 bits per heavy atom. The third kappa shape index (κ3) is 4.65. The summed E-state index contributed by atoms with van der Waals surface area (Å²) in [6, 6.07) is 0. The maximum atomic E-state index is 4.41. The summed E-state index contributed by atoms with van der Waals surface area (Å²) in [7, 11) is 1.01. The van der Waals surface area contributed by atoms with Crippen molar-refractivity contribution >= 4 is 24.1 Å². The van der Waals surface area contributed by atoms with Crippen molar-refractivity contribution in [3.8, 4) is 0 Å². The van der Waals surface area contributed by atoms with E-state index in [1.807, 2.05) is 7.05 Å². The van der Waals surface area contributed by atoms with Gasteiger partial charge in [0.15, 0.2) is 0 Å². The normalized spacial score (nSPS) is 27.7. The molecule has 14 heavy (non-hydrogen) atoms. The van der Waals surface area contributed by atoms with Crippen molar-refractivity contribution in [1.82, 2.24) is 0 Å². The monoisotopic (exact) mass is 229 g/mol. The number of aliphatic imine (C=N–C) groups is 1. The Balaban J connectivity index is 2.51. The summed E-state index contributed by atoms with van der Waals surface area (Å²) in [6.45, 7) is 7.35. The van der Waals surface area contributed by atoms with Gasteiger partial charge in [-0.05, 0) is 25.7 Å². The van der Waals surface area contributed by atoms with Gasteiger partial charge in [0, 0.05) is 18.0 Å². The first kappa shape index (κ1) is 12.3. The highest BCUT2D eigenvalue weighted by molar-refractivity contribution is 8.29. The topological polar surface area (TPSA) is 12.4 Å². The number of hydrogen-bond donors (Lipinski definition) is 0. The molecule has 3 heteroatoms. The molecule has 0 radical (unpaired) electrons. The highest BCUT2D eigenvalue weighted by Gasteiger charge is 2.23. The van der Waals surface area contributed by atoms with Crippen LogP contribution in [-0.2, 0) is 0 Å². The fraction of sp³-hybridized carbons (Fsp3) is 0.909. The molecule has 0 bridgehead atoms. The molecule has 1 atom stereocenters. The van der Waals surface area contributed by atoms with Crippen LogP contribution < -0.4 is 0 Å². The fourth-order valence-electron chi connectivity index (χ4n) is 1.97. The molecule has 1 rings (SSSR count). The molecular weight excluding hydrogens is 206 g/mol. The number of rotatable bonds is 2. The molecule has 1 nitrogen and oxygen atoms in total. The van der Waals surface area contributed by atoms with Crippen LogP contribution in [0.4, 0.5) is 0 Å². The minimum atomic E-state index is -0.948. The van der Waals surface area contributed by atoms with E-state index in [0.717, 1.165) is 5.25 Å². The molecule has 0 aromatic carbocycles. The standard InChI is InChI=1S/C11H23NSSi/c1-12-10-7-5-6-8-11(9-10)13-14(2,3)4/h11H,5-9H2,1-4H3/b12-10+. The number of nitrogens with zero attached hydrogens (tertiary/aromatic N) is 1. The van der Waals surface area contributed by atoms with Crippen LogP contribution in [0.2, 0.25) is 19.6 Å². The minimum Gasteiger partial charge on any atom is -0.297 e. The predicted molar refractivity (Wildman–Crippen MR) is 71.2 cm³/mol. The SMILES string of the molecule is C/N=C1\CCCCC(S[Si](C)(C)C)C1. The van der Waals surface area contributed by atoms with Crippen molar-refractivity contribution < 1.29 is 0 Å². The molecule has 1 unspecified atom stereocenters. The van der Waals surface area contributed by atoms with Gasteiger partial charge in [-0.25, -0.2) is 0 Å². The summed E-state index contributed by atoms with van der Waals surface area (Å²) in [5.41, 5.74) is 1.46. The van der Waals surface area contributed by atoms with E-state index in [1.165, 1.54) is 37.8 Å². The molecule has 0 aliphatic heterocycles. The minimum absolute atomic E-state index is 0.864. The lowest BCUT2D eigenvalue weighted by atomic mass is 10.2. The van der Waals surface area contributed by atoms with Gasteiger partial charge in [0.25, 0.3) is 0 Å². The second kappa shape index (κ2) is 5.36. The predicted octanol–water partition coefficient (Wildman–Crippen LogP) is 3.96. The third-order valence-corrected chi connectivity index (χ3v) is 7.11. The molecule has 0 aromatic heterocycles. The Labute approximate surface area is 93.4 Å². The maximum absolute atomic E-state index is 4.41. The zero-order chi connectivity index (χ0) is 10.6. The smallest absolute Gasteiger partial charge is 0.108 e. The maximum Gasteiger partial charge on any atom is 0.108 e. The molecular formula is C11H23NSSi. The van der Waals surface area contributed by atoms with Crippen molar-refractivity contribution in [2.45, 2.75) is 57.0 Å². The molecule has 0 saturated heterocycles. The Morgan fingerprint density at radius 3 is 2.57 bits per heavy atom. The van der Waals surface area contributed by atoms with E-state index in [1.54, 1.807) is 0 Å². The van der Waals surface area contributed by atoms with Crippen molar-refractivity contribution in [2.75, 3.05) is 7.05 Å². The van der Waals surface area contributed by atoms with E-state index in [4.69, 9.17) is 0 Å². The molecule has 0 spiro atoms. The van der Waals surface area contributed by atoms with Crippen molar-refractivity contribution in [1.29, 1.82) is 0 Å². The first-order chi connectivity index (χ1) is 6.51. The number of hydrogen-bond acceptors (Lipinski definition) is 2. The van der Waals surface area contributed by atoms with Crippen LogP contribution in [0.5, 0.6) is 0 Å². The van der Waals surface area contributed by atoms with Gasteiger partial charge in [-0.2, -0.15) is 11.2 Å². The highest BCUT2D eigenvalue weighted by Crippen LogP contribution is 2.32. The van der Waals surface area contributed by atoms with E-state index in [9.17, 15) is 0 Å². The molecule has 0 aromatic rings. The van der Waals surface area contributed by atoms with Crippen LogP contribution in [0.3, 0.4) is 0 Å². The summed E-state index contributed by atoms with van der Waals surface area (Å²) in [6.07, 6.45) is 6.68. The summed E-state index contributed by atoms with van der Waals surface area (Å²) in [4.78, 5) is 4.41. The summed E-state index contributed by atoms with van der Waals surface area (Å²) in [5.74, 6) is 0. The lowest BCUT2D eigenvalue weighted by molar-refractivity contribution is 0.714. The van der Waals surface area contributed by atoms with E-state index in [2.05, 4.69) is 35.8 Å². The molecule has 0 N–H and O–H groups in total. The first-order valence-corrected chi connectivity index (χ1v) is 10.7. The molecule has 1 aliphatic rings. The van der Waals surface area contributed by atoms with Gasteiger partial charge in [-0.15, -0.1) is 0 Å². The van der Waals surface area contributed by atoms with Gasteiger partial charge in [0.05, 0.1) is 0 Å². The molecule has 1 saturated carbocycles. The Kier molecular flexibility index (Phi) is 4.71. The molecule has 1 fully saturated rings. The summed E-state index contributed by atoms with van der Waals surface area (Å²) >= 11 is 2.27. The highest BCUT2D eigenvalue weighted by atomic mass is 32.4. The first-order valence-electron chi connectivity index (χ1n) is 5.63. The lowest BCUT2D eigenvalue weighted by Gasteiger charge is -2.23.